The third-order valence-corrected chi connectivity index (χ3v) is 6.44. The van der Waals surface area contributed by atoms with Crippen molar-refractivity contribution >= 4 is 45.6 Å². The van der Waals surface area contributed by atoms with Crippen LogP contribution < -0.4 is 14.8 Å². The van der Waals surface area contributed by atoms with Gasteiger partial charge in [0.25, 0.3) is 0 Å². The molecule has 0 unspecified atom stereocenters. The molecule has 0 saturated carbocycles. The van der Waals surface area contributed by atoms with Crippen LogP contribution in [0.1, 0.15) is 39.7 Å². The third-order valence-electron chi connectivity index (χ3n) is 6.09. The van der Waals surface area contributed by atoms with Crippen LogP contribution >= 0.6 is 11.6 Å². The summed E-state index contributed by atoms with van der Waals surface area (Å²) in [4.78, 5) is 33.4. The molecule has 2 aromatic carbocycles. The molecule has 2 N–H and O–H groups in total. The number of hydrogen-bond donors (Lipinski definition) is 2. The summed E-state index contributed by atoms with van der Waals surface area (Å²) in [5.41, 5.74) is 3.75. The molecule has 0 radical (unpaired) electrons. The Labute approximate surface area is 232 Å². The van der Waals surface area contributed by atoms with E-state index in [1.54, 1.807) is 42.6 Å². The first-order valence-electron chi connectivity index (χ1n) is 12.7. The molecule has 2 heterocycles. The summed E-state index contributed by atoms with van der Waals surface area (Å²) in [6, 6.07) is 10.3. The van der Waals surface area contributed by atoms with E-state index in [0.717, 1.165) is 16.8 Å². The van der Waals surface area contributed by atoms with Crippen LogP contribution in [0, 0.1) is 5.41 Å². The van der Waals surface area contributed by atoms with Crippen LogP contribution in [-0.2, 0) is 16.0 Å². The van der Waals surface area contributed by atoms with Gasteiger partial charge >= 0.3 is 0 Å². The first-order valence-corrected chi connectivity index (χ1v) is 13.1. The number of carbonyl (C=O) groups is 2. The second kappa shape index (κ2) is 12.0. The highest BCUT2D eigenvalue weighted by atomic mass is 35.5. The van der Waals surface area contributed by atoms with Crippen LogP contribution in [0.3, 0.4) is 0 Å². The molecule has 0 bridgehead atoms. The predicted octanol–water partition coefficient (Wildman–Crippen LogP) is 5.94. The minimum absolute atomic E-state index is 0.0361. The number of anilines is 1. The third kappa shape index (κ3) is 7.22. The van der Waals surface area contributed by atoms with Gasteiger partial charge in [-0.05, 0) is 41.5 Å². The van der Waals surface area contributed by atoms with E-state index < -0.39 is 0 Å². The quantitative estimate of drug-likeness (QED) is 0.324. The van der Waals surface area contributed by atoms with E-state index in [0.29, 0.717) is 51.8 Å². The number of benzene rings is 2. The summed E-state index contributed by atoms with van der Waals surface area (Å²) in [6.07, 6.45) is 4.21. The average molecular weight is 550 g/mol. The molecule has 8 nitrogen and oxygen atoms in total. The highest BCUT2D eigenvalue weighted by Crippen LogP contribution is 2.37. The van der Waals surface area contributed by atoms with Gasteiger partial charge in [0, 0.05) is 53.6 Å². The van der Waals surface area contributed by atoms with Crippen LogP contribution in [0.4, 0.5) is 5.69 Å². The summed E-state index contributed by atoms with van der Waals surface area (Å²) in [5.74, 6) is 1.20. The zero-order chi connectivity index (χ0) is 28.2. The number of halogens is 1. The topological polar surface area (TPSA) is 110 Å². The number of nitrogens with zero attached hydrogens (tertiary/aromatic N) is 2. The van der Waals surface area contributed by atoms with Crippen LogP contribution in [0.2, 0.25) is 5.02 Å². The number of aliphatic imine (C=N–C) groups is 1. The van der Waals surface area contributed by atoms with Gasteiger partial charge in [0.1, 0.15) is 29.6 Å². The fourth-order valence-electron chi connectivity index (χ4n) is 4.22. The monoisotopic (exact) mass is 549 g/mol. The van der Waals surface area contributed by atoms with Gasteiger partial charge in [-0.3, -0.25) is 19.6 Å². The van der Waals surface area contributed by atoms with Gasteiger partial charge in [0.15, 0.2) is 0 Å². The fraction of sp³-hybridized carbons (Fsp3) is 0.333. The zero-order valence-electron chi connectivity index (χ0n) is 22.5. The molecule has 1 aliphatic rings. The van der Waals surface area contributed by atoms with Crippen molar-refractivity contribution in [3.05, 3.63) is 64.8 Å². The number of hydrogen-bond acceptors (Lipinski definition) is 7. The Balaban J connectivity index is 1.50. The SMILES string of the molecule is CC(=O)Nc1cc2c(Oc3ccc(CC(=O)CC4=CC(C(C)(C)C)=NC4)c(Cl)c3)ccnc2cc1OCCO. The number of rotatable bonds is 10. The van der Waals surface area contributed by atoms with Gasteiger partial charge in [-0.25, -0.2) is 0 Å². The Morgan fingerprint density at radius 3 is 2.56 bits per heavy atom. The van der Waals surface area contributed by atoms with Gasteiger partial charge in [-0.1, -0.05) is 38.4 Å². The van der Waals surface area contributed by atoms with Gasteiger partial charge in [0.05, 0.1) is 24.4 Å². The molecule has 9 heteroatoms. The average Bonchev–Trinajstić information content (AvgIpc) is 3.33. The Morgan fingerprint density at radius 2 is 1.90 bits per heavy atom. The number of amides is 1. The molecular weight excluding hydrogens is 518 g/mol. The molecule has 204 valence electrons. The maximum Gasteiger partial charge on any atom is 0.221 e. The Kier molecular flexibility index (Phi) is 8.67. The normalized spacial score (nSPS) is 13.2. The summed E-state index contributed by atoms with van der Waals surface area (Å²) < 4.78 is 11.7. The number of ketones is 1. The Morgan fingerprint density at radius 1 is 1.10 bits per heavy atom. The predicted molar refractivity (Wildman–Crippen MR) is 153 cm³/mol. The van der Waals surface area contributed by atoms with E-state index >= 15 is 0 Å². The number of fused-ring (bicyclic) bond motifs is 1. The summed E-state index contributed by atoms with van der Waals surface area (Å²) in [5, 5.41) is 13.0. The molecule has 0 aliphatic carbocycles. The van der Waals surface area contributed by atoms with E-state index in [1.807, 2.05) is 6.08 Å². The Bertz CT molecular complexity index is 1470. The lowest BCUT2D eigenvalue weighted by atomic mass is 9.89. The second-order valence-electron chi connectivity index (χ2n) is 10.4. The molecule has 4 rings (SSSR count). The fourth-order valence-corrected chi connectivity index (χ4v) is 4.46. The second-order valence-corrected chi connectivity index (χ2v) is 10.8. The van der Waals surface area contributed by atoms with Crippen molar-refractivity contribution in [3.8, 4) is 17.2 Å². The van der Waals surface area contributed by atoms with Gasteiger partial charge in [-0.2, -0.15) is 0 Å². The van der Waals surface area contributed by atoms with Crippen LogP contribution in [0.15, 0.2) is 59.2 Å². The number of allylic oxidation sites excluding steroid dienone is 1. The van der Waals surface area contributed by atoms with Crippen LogP contribution in [-0.4, -0.2) is 47.3 Å². The van der Waals surface area contributed by atoms with Crippen molar-refractivity contribution in [3.63, 3.8) is 0 Å². The maximum atomic E-state index is 12.8. The zero-order valence-corrected chi connectivity index (χ0v) is 23.3. The number of carbonyl (C=O) groups excluding carboxylic acids is 2. The summed E-state index contributed by atoms with van der Waals surface area (Å²) >= 11 is 6.54. The molecule has 1 aliphatic heterocycles. The van der Waals surface area contributed by atoms with Gasteiger partial charge < -0.3 is 19.9 Å². The van der Waals surface area contributed by atoms with E-state index in [1.165, 1.54) is 6.92 Å². The lowest BCUT2D eigenvalue weighted by Gasteiger charge is -2.16. The number of aromatic nitrogens is 1. The van der Waals surface area contributed by atoms with E-state index in [-0.39, 0.29) is 36.7 Å². The van der Waals surface area contributed by atoms with Crippen molar-refractivity contribution in [1.29, 1.82) is 0 Å². The van der Waals surface area contributed by atoms with Crippen molar-refractivity contribution < 1.29 is 24.2 Å². The largest absolute Gasteiger partial charge is 0.489 e. The molecule has 1 aromatic heterocycles. The van der Waals surface area contributed by atoms with E-state index in [4.69, 9.17) is 26.2 Å². The lowest BCUT2D eigenvalue weighted by Crippen LogP contribution is -2.16. The number of Topliss-reactive ketones (excluding diaryl/α,β-unsaturated/α-hetero) is 1. The van der Waals surface area contributed by atoms with Crippen LogP contribution in [0.5, 0.6) is 17.2 Å². The van der Waals surface area contributed by atoms with E-state index in [2.05, 4.69) is 36.1 Å². The number of pyridine rings is 1. The minimum Gasteiger partial charge on any atom is -0.489 e. The molecule has 39 heavy (non-hydrogen) atoms. The number of nitrogens with one attached hydrogen (secondary N) is 1. The van der Waals surface area contributed by atoms with E-state index in [9.17, 15) is 9.59 Å². The first kappa shape index (κ1) is 28.3. The highest BCUT2D eigenvalue weighted by Gasteiger charge is 2.22. The van der Waals surface area contributed by atoms with Crippen molar-refractivity contribution in [1.82, 2.24) is 4.98 Å². The van der Waals surface area contributed by atoms with Crippen molar-refractivity contribution in [2.24, 2.45) is 10.4 Å². The van der Waals surface area contributed by atoms with Crippen LogP contribution in [0.25, 0.3) is 10.9 Å². The molecule has 0 saturated heterocycles. The van der Waals surface area contributed by atoms with Gasteiger partial charge in [-0.15, -0.1) is 0 Å². The summed E-state index contributed by atoms with van der Waals surface area (Å²) in [7, 11) is 0. The lowest BCUT2D eigenvalue weighted by molar-refractivity contribution is -0.118. The highest BCUT2D eigenvalue weighted by molar-refractivity contribution is 6.31. The van der Waals surface area contributed by atoms with Gasteiger partial charge in [0.2, 0.25) is 5.91 Å². The van der Waals surface area contributed by atoms with Crippen molar-refractivity contribution in [2.45, 2.75) is 40.5 Å². The maximum absolute atomic E-state index is 12.8. The molecule has 3 aromatic rings. The number of ether oxygens (including phenoxy) is 2. The molecular formula is C30H32ClN3O5. The van der Waals surface area contributed by atoms with Crippen molar-refractivity contribution in [2.75, 3.05) is 25.1 Å². The number of aliphatic hydroxyl groups is 1. The Hall–Kier alpha value is -3.75. The minimum atomic E-state index is -0.266. The molecule has 0 fully saturated rings. The standard InChI is InChI=1S/C30H32ClN3O5/c1-18(36)34-26-15-23-25(16-28(26)38-10-9-35)32-8-7-27(23)39-22-6-5-20(24(31)14-22)13-21(37)11-19-12-29(33-17-19)30(2,3)4/h5-8,12,14-16,35H,9-11,13,17H2,1-4H3,(H,34,36). The number of aliphatic hydroxyl groups excluding tert-OH is 1. The molecule has 1 amide bonds. The molecule has 0 atom stereocenters. The molecule has 0 spiro atoms. The smallest absolute Gasteiger partial charge is 0.221 e. The summed E-state index contributed by atoms with van der Waals surface area (Å²) in [6.45, 7) is 8.20. The first-order chi connectivity index (χ1) is 18.5.